The average Bonchev–Trinajstić information content (AvgIpc) is 2.67. The molecule has 0 unspecified atom stereocenters. The molecule has 0 spiro atoms. The van der Waals surface area contributed by atoms with Crippen LogP contribution >= 0.6 is 63.7 Å². The molecule has 2 aromatic carbocycles. The van der Waals surface area contributed by atoms with Gasteiger partial charge in [-0.1, -0.05) is 22.0 Å². The van der Waals surface area contributed by atoms with Crippen LogP contribution in [0.3, 0.4) is 0 Å². The smallest absolute Gasteiger partial charge is 0.150 e. The number of hydrogen-bond acceptors (Lipinski definition) is 1. The predicted molar refractivity (Wildman–Crippen MR) is 84.5 cm³/mol. The lowest BCUT2D eigenvalue weighted by molar-refractivity contribution is 0.666. The minimum atomic E-state index is 0.849. The normalized spacial score (nSPS) is 11.5. The topological polar surface area (TPSA) is 13.1 Å². The molecule has 1 heterocycles. The Morgan fingerprint density at radius 2 is 1.59 bits per heavy atom. The van der Waals surface area contributed by atoms with Crippen LogP contribution in [0.4, 0.5) is 0 Å². The fourth-order valence-electron chi connectivity index (χ4n) is 1.84. The van der Waals surface area contributed by atoms with Crippen LogP contribution in [-0.4, -0.2) is 0 Å². The van der Waals surface area contributed by atoms with Crippen LogP contribution in [0, 0.1) is 0 Å². The van der Waals surface area contributed by atoms with E-state index in [0.29, 0.717) is 0 Å². The van der Waals surface area contributed by atoms with E-state index in [9.17, 15) is 0 Å². The van der Waals surface area contributed by atoms with Gasteiger partial charge in [0, 0.05) is 24.2 Å². The zero-order valence-electron chi connectivity index (χ0n) is 8.23. The maximum Gasteiger partial charge on any atom is 0.150 e. The summed E-state index contributed by atoms with van der Waals surface area (Å²) in [6, 6.07) is 7.92. The Kier molecular flexibility index (Phi) is 3.14. The van der Waals surface area contributed by atoms with E-state index >= 15 is 0 Å². The number of hydrogen-bond donors (Lipinski definition) is 0. The van der Waals surface area contributed by atoms with Crippen LogP contribution in [0.1, 0.15) is 0 Å². The highest BCUT2D eigenvalue weighted by molar-refractivity contribution is 9.13. The molecule has 0 aliphatic rings. The van der Waals surface area contributed by atoms with Gasteiger partial charge in [-0.3, -0.25) is 0 Å². The molecule has 0 amide bonds. The van der Waals surface area contributed by atoms with Crippen molar-refractivity contribution in [2.24, 2.45) is 0 Å². The molecule has 86 valence electrons. The highest BCUT2D eigenvalue weighted by Gasteiger charge is 2.17. The Morgan fingerprint density at radius 3 is 2.35 bits per heavy atom. The van der Waals surface area contributed by atoms with Crippen molar-refractivity contribution in [1.29, 1.82) is 0 Å². The Balaban J connectivity index is 2.68. The highest BCUT2D eigenvalue weighted by Crippen LogP contribution is 2.44. The van der Waals surface area contributed by atoms with E-state index < -0.39 is 0 Å². The van der Waals surface area contributed by atoms with Crippen molar-refractivity contribution in [3.8, 4) is 0 Å². The summed E-state index contributed by atoms with van der Waals surface area (Å²) in [7, 11) is 0. The van der Waals surface area contributed by atoms with Gasteiger partial charge < -0.3 is 4.42 Å². The van der Waals surface area contributed by atoms with E-state index in [1.807, 2.05) is 24.3 Å². The van der Waals surface area contributed by atoms with Crippen molar-refractivity contribution in [2.75, 3.05) is 0 Å². The second-order valence-electron chi connectivity index (χ2n) is 3.57. The van der Waals surface area contributed by atoms with Gasteiger partial charge in [0.1, 0.15) is 5.58 Å². The third-order valence-electron chi connectivity index (χ3n) is 2.56. The summed E-state index contributed by atoms with van der Waals surface area (Å²) in [5.41, 5.74) is 1.72. The molecule has 0 fully saturated rings. The summed E-state index contributed by atoms with van der Waals surface area (Å²) >= 11 is 14.2. The van der Waals surface area contributed by atoms with Crippen LogP contribution in [0.5, 0.6) is 0 Å². The van der Waals surface area contributed by atoms with Crippen molar-refractivity contribution in [1.82, 2.24) is 0 Å². The van der Waals surface area contributed by atoms with E-state index in [0.717, 1.165) is 39.8 Å². The molecule has 3 aromatic rings. The van der Waals surface area contributed by atoms with Crippen molar-refractivity contribution in [3.63, 3.8) is 0 Å². The molecule has 1 aromatic heterocycles. The number of furan rings is 1. The van der Waals surface area contributed by atoms with Crippen LogP contribution in [0.2, 0.25) is 0 Å². The molecule has 0 aliphatic heterocycles. The minimum Gasteiger partial charge on any atom is -0.455 e. The second-order valence-corrected chi connectivity index (χ2v) is 6.93. The molecule has 0 atom stereocenters. The van der Waals surface area contributed by atoms with Gasteiger partial charge in [-0.05, 0) is 66.0 Å². The Hall–Kier alpha value is 0.160. The van der Waals surface area contributed by atoms with Crippen molar-refractivity contribution in [2.45, 2.75) is 0 Å². The molecule has 0 bridgehead atoms. The lowest BCUT2D eigenvalue weighted by Crippen LogP contribution is -1.75. The SMILES string of the molecule is Brc1cc(Br)c2oc3cccc(Br)c3c2c1Br. The molecule has 1 nitrogen and oxygen atoms in total. The summed E-state index contributed by atoms with van der Waals surface area (Å²) < 4.78 is 9.83. The monoisotopic (exact) mass is 480 g/mol. The Bertz CT molecular complexity index is 745. The maximum absolute atomic E-state index is 5.87. The predicted octanol–water partition coefficient (Wildman–Crippen LogP) is 6.64. The fraction of sp³-hybridized carbons (Fsp3) is 0. The first-order valence-electron chi connectivity index (χ1n) is 4.74. The average molecular weight is 484 g/mol. The molecule has 0 saturated carbocycles. The summed E-state index contributed by atoms with van der Waals surface area (Å²) in [4.78, 5) is 0. The molecule has 0 saturated heterocycles. The quantitative estimate of drug-likeness (QED) is 0.327. The van der Waals surface area contributed by atoms with Crippen LogP contribution in [0.25, 0.3) is 21.9 Å². The van der Waals surface area contributed by atoms with Crippen molar-refractivity contribution < 1.29 is 4.42 Å². The molecule has 3 rings (SSSR count). The third-order valence-corrected chi connectivity index (χ3v) is 5.80. The lowest BCUT2D eigenvalue weighted by Gasteiger charge is -2.00. The first-order valence-corrected chi connectivity index (χ1v) is 7.91. The zero-order valence-corrected chi connectivity index (χ0v) is 14.6. The standard InChI is InChI=1S/C12H4Br4O/c13-5-2-1-3-8-9(5)10-11(16)6(14)4-7(15)12(10)17-8/h1-4H. The number of fused-ring (bicyclic) bond motifs is 3. The maximum atomic E-state index is 5.87. The molecule has 5 heteroatoms. The fourth-order valence-corrected chi connectivity index (χ4v) is 4.13. The first-order chi connectivity index (χ1) is 8.09. The molecule has 17 heavy (non-hydrogen) atoms. The molecular formula is C12H4Br4O. The number of halogens is 4. The minimum absolute atomic E-state index is 0.849. The summed E-state index contributed by atoms with van der Waals surface area (Å²) in [5.74, 6) is 0. The van der Waals surface area contributed by atoms with Gasteiger partial charge in [0.25, 0.3) is 0 Å². The van der Waals surface area contributed by atoms with E-state index in [-0.39, 0.29) is 0 Å². The highest BCUT2D eigenvalue weighted by atomic mass is 79.9. The van der Waals surface area contributed by atoms with Gasteiger partial charge >= 0.3 is 0 Å². The van der Waals surface area contributed by atoms with Gasteiger partial charge in [-0.25, -0.2) is 0 Å². The van der Waals surface area contributed by atoms with Gasteiger partial charge in [0.15, 0.2) is 5.58 Å². The molecular weight excluding hydrogens is 480 g/mol. The largest absolute Gasteiger partial charge is 0.455 e. The first kappa shape index (κ1) is 12.2. The molecule has 0 radical (unpaired) electrons. The van der Waals surface area contributed by atoms with Crippen LogP contribution in [-0.2, 0) is 0 Å². The van der Waals surface area contributed by atoms with Gasteiger partial charge in [0.2, 0.25) is 0 Å². The Labute approximate surface area is 131 Å². The van der Waals surface area contributed by atoms with Crippen LogP contribution < -0.4 is 0 Å². The van der Waals surface area contributed by atoms with E-state index in [1.165, 1.54) is 0 Å². The van der Waals surface area contributed by atoms with Gasteiger partial charge in [-0.2, -0.15) is 0 Å². The third kappa shape index (κ3) is 1.82. The molecule has 0 N–H and O–H groups in total. The zero-order chi connectivity index (χ0) is 12.2. The lowest BCUT2D eigenvalue weighted by atomic mass is 10.1. The van der Waals surface area contributed by atoms with E-state index in [1.54, 1.807) is 0 Å². The summed E-state index contributed by atoms with van der Waals surface area (Å²) in [6.07, 6.45) is 0. The van der Waals surface area contributed by atoms with E-state index in [2.05, 4.69) is 63.7 Å². The van der Waals surface area contributed by atoms with Gasteiger partial charge in [-0.15, -0.1) is 0 Å². The van der Waals surface area contributed by atoms with Gasteiger partial charge in [0.05, 0.1) is 4.47 Å². The Morgan fingerprint density at radius 1 is 0.824 bits per heavy atom. The number of rotatable bonds is 0. The van der Waals surface area contributed by atoms with E-state index in [4.69, 9.17) is 4.42 Å². The van der Waals surface area contributed by atoms with Crippen LogP contribution in [0.15, 0.2) is 46.6 Å². The summed E-state index contributed by atoms with van der Waals surface area (Å²) in [6.45, 7) is 0. The van der Waals surface area contributed by atoms with Crippen molar-refractivity contribution >= 4 is 85.7 Å². The van der Waals surface area contributed by atoms with Crippen molar-refractivity contribution in [3.05, 3.63) is 42.2 Å². The molecule has 0 aliphatic carbocycles. The summed E-state index contributed by atoms with van der Waals surface area (Å²) in [5, 5.41) is 2.14. The second kappa shape index (κ2) is 4.37. The number of benzene rings is 2.